The van der Waals surface area contributed by atoms with E-state index in [4.69, 9.17) is 16.3 Å². The molecule has 5 nitrogen and oxygen atoms in total. The van der Waals surface area contributed by atoms with Crippen molar-refractivity contribution in [2.75, 3.05) is 20.1 Å². The van der Waals surface area contributed by atoms with Gasteiger partial charge in [0.25, 0.3) is 0 Å². The molecule has 0 radical (unpaired) electrons. The van der Waals surface area contributed by atoms with Gasteiger partial charge in [0.15, 0.2) is 0 Å². The average molecular weight is 297 g/mol. The lowest BCUT2D eigenvalue weighted by atomic mass is 10.1. The maximum atomic E-state index is 11.7. The van der Waals surface area contributed by atoms with Crippen LogP contribution in [0.15, 0.2) is 24.3 Å². The molecule has 2 rings (SSSR count). The molecule has 6 heteroatoms. The number of likely N-dealkylation sites (N-methyl/N-ethyl adjacent to an activating group) is 1. The van der Waals surface area contributed by atoms with Gasteiger partial charge in [-0.25, -0.2) is 4.79 Å². The lowest BCUT2D eigenvalue weighted by molar-refractivity contribution is -0.120. The third kappa shape index (κ3) is 4.13. The highest BCUT2D eigenvalue weighted by Crippen LogP contribution is 2.12. The maximum Gasteiger partial charge on any atom is 0.409 e. The van der Waals surface area contributed by atoms with E-state index < -0.39 is 0 Å². The van der Waals surface area contributed by atoms with Gasteiger partial charge >= 0.3 is 6.09 Å². The number of nitrogens with zero attached hydrogens (tertiary/aromatic N) is 1. The number of carbonyl (C=O) groups is 2. The quantitative estimate of drug-likeness (QED) is 0.902. The molecule has 1 aliphatic heterocycles. The van der Waals surface area contributed by atoms with Crippen LogP contribution in [0.5, 0.6) is 0 Å². The number of ether oxygens (including phenoxy) is 1. The second-order valence-electron chi connectivity index (χ2n) is 4.83. The topological polar surface area (TPSA) is 58.6 Å². The molecular formula is C14H17ClN2O3. The first kappa shape index (κ1) is 14.7. The third-order valence-corrected chi connectivity index (χ3v) is 3.38. The average Bonchev–Trinajstić information content (AvgIpc) is 2.71. The molecule has 1 unspecified atom stereocenters. The maximum absolute atomic E-state index is 11.7. The summed E-state index contributed by atoms with van der Waals surface area (Å²) in [6.07, 6.45) is 0.509. The Hall–Kier alpha value is -1.75. The first-order chi connectivity index (χ1) is 9.54. The minimum absolute atomic E-state index is 0.0509. The summed E-state index contributed by atoms with van der Waals surface area (Å²) in [5.41, 5.74) is 0.916. The van der Waals surface area contributed by atoms with Crippen molar-refractivity contribution in [2.45, 2.75) is 18.9 Å². The van der Waals surface area contributed by atoms with E-state index in [-0.39, 0.29) is 18.1 Å². The Bertz CT molecular complexity index is 490. The number of hydrogen-bond acceptors (Lipinski definition) is 3. The SMILES string of the molecule is CN1CC(CCNC(=O)Cc2ccc(Cl)cc2)OC1=O. The zero-order valence-electron chi connectivity index (χ0n) is 11.3. The molecule has 1 aromatic carbocycles. The molecule has 108 valence electrons. The molecular weight excluding hydrogens is 280 g/mol. The Labute approximate surface area is 122 Å². The van der Waals surface area contributed by atoms with Crippen molar-refractivity contribution in [3.63, 3.8) is 0 Å². The zero-order valence-corrected chi connectivity index (χ0v) is 12.0. The second kappa shape index (κ2) is 6.61. The van der Waals surface area contributed by atoms with Gasteiger partial charge in [0.05, 0.1) is 13.0 Å². The number of carbonyl (C=O) groups excluding carboxylic acids is 2. The van der Waals surface area contributed by atoms with Gasteiger partial charge in [-0.2, -0.15) is 0 Å². The van der Waals surface area contributed by atoms with Gasteiger partial charge < -0.3 is 15.0 Å². The molecule has 0 aliphatic carbocycles. The Kier molecular flexibility index (Phi) is 4.84. The summed E-state index contributed by atoms with van der Waals surface area (Å²) in [5.74, 6) is -0.0509. The summed E-state index contributed by atoms with van der Waals surface area (Å²) in [5, 5.41) is 3.47. The smallest absolute Gasteiger partial charge is 0.409 e. The van der Waals surface area contributed by atoms with E-state index >= 15 is 0 Å². The fraction of sp³-hybridized carbons (Fsp3) is 0.429. The minimum Gasteiger partial charge on any atom is -0.444 e. The van der Waals surface area contributed by atoms with Crippen molar-refractivity contribution in [3.8, 4) is 0 Å². The Morgan fingerprint density at radius 2 is 2.15 bits per heavy atom. The molecule has 1 atom stereocenters. The van der Waals surface area contributed by atoms with Crippen LogP contribution < -0.4 is 5.32 Å². The molecule has 1 heterocycles. The highest BCUT2D eigenvalue weighted by atomic mass is 35.5. The van der Waals surface area contributed by atoms with Crippen LogP contribution in [0.4, 0.5) is 4.79 Å². The molecule has 1 fully saturated rings. The Morgan fingerprint density at radius 1 is 1.45 bits per heavy atom. The predicted octanol–water partition coefficient (Wildman–Crippen LogP) is 1.84. The largest absolute Gasteiger partial charge is 0.444 e. The standard InChI is InChI=1S/C14H17ClN2O3/c1-17-9-12(20-14(17)19)6-7-16-13(18)8-10-2-4-11(15)5-3-10/h2-5,12H,6-9H2,1H3,(H,16,18). The first-order valence-corrected chi connectivity index (χ1v) is 6.85. The van der Waals surface area contributed by atoms with Crippen LogP contribution in [0.1, 0.15) is 12.0 Å². The molecule has 1 saturated heterocycles. The van der Waals surface area contributed by atoms with Gasteiger partial charge in [0, 0.05) is 25.0 Å². The molecule has 0 spiro atoms. The molecule has 1 aromatic rings. The normalized spacial score (nSPS) is 18.0. The van der Waals surface area contributed by atoms with Crippen molar-refractivity contribution in [2.24, 2.45) is 0 Å². The van der Waals surface area contributed by atoms with Gasteiger partial charge in [-0.1, -0.05) is 23.7 Å². The summed E-state index contributed by atoms with van der Waals surface area (Å²) in [6, 6.07) is 7.18. The molecule has 0 aromatic heterocycles. The third-order valence-electron chi connectivity index (χ3n) is 3.12. The van der Waals surface area contributed by atoms with Gasteiger partial charge in [-0.15, -0.1) is 0 Å². The highest BCUT2D eigenvalue weighted by Gasteiger charge is 2.27. The van der Waals surface area contributed by atoms with E-state index in [2.05, 4.69) is 5.32 Å². The van der Waals surface area contributed by atoms with E-state index in [0.717, 1.165) is 5.56 Å². The van der Waals surface area contributed by atoms with Crippen molar-refractivity contribution < 1.29 is 14.3 Å². The van der Waals surface area contributed by atoms with Crippen LogP contribution in [-0.2, 0) is 16.0 Å². The summed E-state index contributed by atoms with van der Waals surface area (Å²) in [6.45, 7) is 1.07. The fourth-order valence-electron chi connectivity index (χ4n) is 2.02. The van der Waals surface area contributed by atoms with E-state index in [1.165, 1.54) is 4.90 Å². The molecule has 2 amide bonds. The molecule has 1 N–H and O–H groups in total. The van der Waals surface area contributed by atoms with Crippen molar-refractivity contribution in [1.82, 2.24) is 10.2 Å². The van der Waals surface area contributed by atoms with Crippen molar-refractivity contribution in [1.29, 1.82) is 0 Å². The van der Waals surface area contributed by atoms with Crippen LogP contribution in [0, 0.1) is 0 Å². The zero-order chi connectivity index (χ0) is 14.5. The van der Waals surface area contributed by atoms with Gasteiger partial charge in [-0.05, 0) is 17.7 Å². The molecule has 1 aliphatic rings. The lowest BCUT2D eigenvalue weighted by Gasteiger charge is -2.09. The highest BCUT2D eigenvalue weighted by molar-refractivity contribution is 6.30. The van der Waals surface area contributed by atoms with Crippen LogP contribution in [0.25, 0.3) is 0 Å². The van der Waals surface area contributed by atoms with Crippen LogP contribution in [0.3, 0.4) is 0 Å². The van der Waals surface area contributed by atoms with Crippen LogP contribution >= 0.6 is 11.6 Å². The lowest BCUT2D eigenvalue weighted by Crippen LogP contribution is -2.29. The summed E-state index contributed by atoms with van der Waals surface area (Å²) in [7, 11) is 1.70. The predicted molar refractivity (Wildman–Crippen MR) is 75.7 cm³/mol. The number of nitrogens with one attached hydrogen (secondary N) is 1. The van der Waals surface area contributed by atoms with Crippen LogP contribution in [-0.4, -0.2) is 43.1 Å². The number of halogens is 1. The van der Waals surface area contributed by atoms with Crippen molar-refractivity contribution >= 4 is 23.6 Å². The number of amides is 2. The van der Waals surface area contributed by atoms with Gasteiger partial charge in [0.1, 0.15) is 6.10 Å². The molecule has 0 saturated carbocycles. The fourth-order valence-corrected chi connectivity index (χ4v) is 2.15. The minimum atomic E-state index is -0.303. The number of benzene rings is 1. The van der Waals surface area contributed by atoms with E-state index in [1.807, 2.05) is 12.1 Å². The number of rotatable bonds is 5. The number of cyclic esters (lactones) is 1. The van der Waals surface area contributed by atoms with Gasteiger partial charge in [-0.3, -0.25) is 4.79 Å². The monoisotopic (exact) mass is 296 g/mol. The summed E-state index contributed by atoms with van der Waals surface area (Å²) < 4.78 is 5.11. The first-order valence-electron chi connectivity index (χ1n) is 6.47. The van der Waals surface area contributed by atoms with E-state index in [9.17, 15) is 9.59 Å². The second-order valence-corrected chi connectivity index (χ2v) is 5.26. The molecule has 20 heavy (non-hydrogen) atoms. The summed E-state index contributed by atoms with van der Waals surface area (Å²) in [4.78, 5) is 24.4. The van der Waals surface area contributed by atoms with Gasteiger partial charge in [0.2, 0.25) is 5.91 Å². The van der Waals surface area contributed by atoms with E-state index in [1.54, 1.807) is 19.2 Å². The van der Waals surface area contributed by atoms with Crippen molar-refractivity contribution in [3.05, 3.63) is 34.9 Å². The number of hydrogen-bond donors (Lipinski definition) is 1. The Balaban J connectivity index is 1.68. The molecule has 0 bridgehead atoms. The Morgan fingerprint density at radius 3 is 2.75 bits per heavy atom. The summed E-state index contributed by atoms with van der Waals surface area (Å²) >= 11 is 5.78. The van der Waals surface area contributed by atoms with E-state index in [0.29, 0.717) is 31.0 Å². The van der Waals surface area contributed by atoms with Crippen LogP contribution in [0.2, 0.25) is 5.02 Å².